The quantitative estimate of drug-likeness (QED) is 0.849. The topological polar surface area (TPSA) is 76.7 Å². The Labute approximate surface area is 117 Å². The number of hydrogen-bond donors (Lipinski definition) is 2. The SMILES string of the molecule is NCC(Cc1n[nH]c(=O)n1CCc1cccs1)=C(F)F. The number of aromatic nitrogens is 3. The van der Waals surface area contributed by atoms with Crippen molar-refractivity contribution >= 4 is 11.3 Å². The molecule has 3 N–H and O–H groups in total. The van der Waals surface area contributed by atoms with Gasteiger partial charge in [-0.2, -0.15) is 13.9 Å². The Morgan fingerprint density at radius 3 is 2.90 bits per heavy atom. The van der Waals surface area contributed by atoms with Crippen LogP contribution in [0.3, 0.4) is 0 Å². The number of thiophene rings is 1. The van der Waals surface area contributed by atoms with Gasteiger partial charge in [0.25, 0.3) is 6.08 Å². The van der Waals surface area contributed by atoms with Gasteiger partial charge in [-0.15, -0.1) is 11.3 Å². The van der Waals surface area contributed by atoms with Gasteiger partial charge in [-0.05, 0) is 17.9 Å². The van der Waals surface area contributed by atoms with Crippen LogP contribution in [0.25, 0.3) is 0 Å². The minimum Gasteiger partial charge on any atom is -0.327 e. The third-order valence-electron chi connectivity index (χ3n) is 2.88. The lowest BCUT2D eigenvalue weighted by atomic mass is 10.2. The lowest BCUT2D eigenvalue weighted by Gasteiger charge is -2.06. The van der Waals surface area contributed by atoms with Gasteiger partial charge in [0.15, 0.2) is 0 Å². The molecule has 8 heteroatoms. The fourth-order valence-electron chi connectivity index (χ4n) is 1.80. The van der Waals surface area contributed by atoms with Gasteiger partial charge in [0.1, 0.15) is 5.82 Å². The molecule has 5 nitrogen and oxygen atoms in total. The Morgan fingerprint density at radius 1 is 1.50 bits per heavy atom. The largest absolute Gasteiger partial charge is 0.343 e. The highest BCUT2D eigenvalue weighted by atomic mass is 32.1. The molecule has 0 atom stereocenters. The normalized spacial score (nSPS) is 10.8. The van der Waals surface area contributed by atoms with Crippen LogP contribution in [0.2, 0.25) is 0 Å². The van der Waals surface area contributed by atoms with Crippen LogP contribution in [0.15, 0.2) is 34.0 Å². The number of H-pyrrole nitrogens is 1. The van der Waals surface area contributed by atoms with Gasteiger partial charge < -0.3 is 5.73 Å². The van der Waals surface area contributed by atoms with Crippen molar-refractivity contribution < 1.29 is 8.78 Å². The lowest BCUT2D eigenvalue weighted by molar-refractivity contribution is 0.406. The summed E-state index contributed by atoms with van der Waals surface area (Å²) in [7, 11) is 0. The molecule has 0 saturated carbocycles. The van der Waals surface area contributed by atoms with E-state index in [0.29, 0.717) is 13.0 Å². The highest BCUT2D eigenvalue weighted by Crippen LogP contribution is 2.13. The first kappa shape index (κ1) is 14.6. The Kier molecular flexibility index (Phi) is 4.80. The Balaban J connectivity index is 2.15. The van der Waals surface area contributed by atoms with E-state index in [0.717, 1.165) is 4.88 Å². The van der Waals surface area contributed by atoms with Gasteiger partial charge in [-0.3, -0.25) is 4.57 Å². The maximum atomic E-state index is 12.6. The fourth-order valence-corrected chi connectivity index (χ4v) is 2.50. The van der Waals surface area contributed by atoms with Crippen LogP contribution < -0.4 is 11.4 Å². The smallest absolute Gasteiger partial charge is 0.327 e. The molecular weight excluding hydrogens is 286 g/mol. The number of aryl methyl sites for hydroxylation is 1. The molecule has 108 valence electrons. The zero-order valence-corrected chi connectivity index (χ0v) is 11.4. The van der Waals surface area contributed by atoms with Crippen molar-refractivity contribution in [3.63, 3.8) is 0 Å². The first-order chi connectivity index (χ1) is 9.61. The van der Waals surface area contributed by atoms with E-state index in [9.17, 15) is 13.6 Å². The van der Waals surface area contributed by atoms with E-state index >= 15 is 0 Å². The third kappa shape index (κ3) is 3.40. The van der Waals surface area contributed by atoms with Crippen LogP contribution in [0.5, 0.6) is 0 Å². The van der Waals surface area contributed by atoms with E-state index in [1.54, 1.807) is 11.3 Å². The number of nitrogens with zero attached hydrogens (tertiary/aromatic N) is 2. The van der Waals surface area contributed by atoms with Crippen LogP contribution in [0.1, 0.15) is 10.7 Å². The number of aromatic amines is 1. The minimum absolute atomic E-state index is 0.123. The number of hydrogen-bond acceptors (Lipinski definition) is 4. The van der Waals surface area contributed by atoms with E-state index in [2.05, 4.69) is 10.2 Å². The third-order valence-corrected chi connectivity index (χ3v) is 3.82. The number of nitrogens with one attached hydrogen (secondary N) is 1. The highest BCUT2D eigenvalue weighted by Gasteiger charge is 2.13. The molecule has 0 aliphatic heterocycles. The summed E-state index contributed by atoms with van der Waals surface area (Å²) >= 11 is 1.58. The van der Waals surface area contributed by atoms with Gasteiger partial charge in [0.2, 0.25) is 0 Å². The average Bonchev–Trinajstić information content (AvgIpc) is 3.03. The summed E-state index contributed by atoms with van der Waals surface area (Å²) < 4.78 is 26.6. The van der Waals surface area contributed by atoms with Crippen LogP contribution in [0, 0.1) is 0 Å². The van der Waals surface area contributed by atoms with E-state index in [4.69, 9.17) is 5.73 Å². The summed E-state index contributed by atoms with van der Waals surface area (Å²) in [6.07, 6.45) is -1.28. The van der Waals surface area contributed by atoms with E-state index in [-0.39, 0.29) is 24.4 Å². The predicted octanol–water partition coefficient (Wildman–Crippen LogP) is 1.53. The van der Waals surface area contributed by atoms with Gasteiger partial charge >= 0.3 is 5.69 Å². The standard InChI is InChI=1S/C12H14F2N4OS/c13-11(14)8(7-15)6-10-16-17-12(19)18(10)4-3-9-2-1-5-20-9/h1-2,5H,3-4,6-7,15H2,(H,17,19). The Hall–Kier alpha value is -1.80. The van der Waals surface area contributed by atoms with E-state index < -0.39 is 11.8 Å². The van der Waals surface area contributed by atoms with Crippen LogP contribution >= 0.6 is 11.3 Å². The molecular formula is C12H14F2N4OS. The van der Waals surface area contributed by atoms with Crippen molar-refractivity contribution in [2.75, 3.05) is 6.54 Å². The maximum Gasteiger partial charge on any atom is 0.343 e. The van der Waals surface area contributed by atoms with Crippen molar-refractivity contribution in [2.45, 2.75) is 19.4 Å². The summed E-state index contributed by atoms with van der Waals surface area (Å²) in [5.74, 6) is 0.278. The first-order valence-corrected chi connectivity index (χ1v) is 6.89. The van der Waals surface area contributed by atoms with Crippen LogP contribution in [0.4, 0.5) is 8.78 Å². The molecule has 20 heavy (non-hydrogen) atoms. The van der Waals surface area contributed by atoms with E-state index in [1.807, 2.05) is 17.5 Å². The van der Waals surface area contributed by atoms with Crippen molar-refractivity contribution in [3.8, 4) is 0 Å². The van der Waals surface area contributed by atoms with Gasteiger partial charge in [-0.25, -0.2) is 9.89 Å². The van der Waals surface area contributed by atoms with Crippen molar-refractivity contribution in [3.05, 3.63) is 50.4 Å². The first-order valence-electron chi connectivity index (χ1n) is 6.01. The average molecular weight is 300 g/mol. The number of nitrogens with two attached hydrogens (primary N) is 1. The molecule has 0 aliphatic rings. The predicted molar refractivity (Wildman–Crippen MR) is 72.9 cm³/mol. The molecule has 0 saturated heterocycles. The Bertz CT molecular complexity index is 641. The molecule has 0 fully saturated rings. The molecule has 0 unspecified atom stereocenters. The molecule has 0 aromatic carbocycles. The van der Waals surface area contributed by atoms with E-state index in [1.165, 1.54) is 4.57 Å². The molecule has 2 heterocycles. The monoisotopic (exact) mass is 300 g/mol. The summed E-state index contributed by atoms with van der Waals surface area (Å²) in [6.45, 7) is 0.144. The summed E-state index contributed by atoms with van der Waals surface area (Å²) in [5, 5.41) is 8.03. The number of halogens is 2. The molecule has 0 spiro atoms. The second-order valence-corrected chi connectivity index (χ2v) is 5.20. The lowest BCUT2D eigenvalue weighted by Crippen LogP contribution is -2.21. The zero-order valence-electron chi connectivity index (χ0n) is 10.6. The summed E-state index contributed by atoms with van der Waals surface area (Å²) in [4.78, 5) is 12.8. The zero-order chi connectivity index (χ0) is 14.5. The molecule has 2 rings (SSSR count). The molecule has 2 aromatic rings. The second kappa shape index (κ2) is 6.58. The van der Waals surface area contributed by atoms with Gasteiger partial charge in [0, 0.05) is 30.0 Å². The maximum absolute atomic E-state index is 12.6. The van der Waals surface area contributed by atoms with Crippen molar-refractivity contribution in [1.82, 2.24) is 14.8 Å². The van der Waals surface area contributed by atoms with Crippen molar-refractivity contribution in [2.24, 2.45) is 5.73 Å². The molecule has 0 radical (unpaired) electrons. The van der Waals surface area contributed by atoms with Gasteiger partial charge in [-0.1, -0.05) is 6.07 Å². The second-order valence-electron chi connectivity index (χ2n) is 4.17. The Morgan fingerprint density at radius 2 is 2.30 bits per heavy atom. The number of rotatable bonds is 6. The fraction of sp³-hybridized carbons (Fsp3) is 0.333. The van der Waals surface area contributed by atoms with Crippen LogP contribution in [-0.2, 0) is 19.4 Å². The summed E-state index contributed by atoms with van der Waals surface area (Å²) in [6, 6.07) is 3.88. The van der Waals surface area contributed by atoms with Crippen molar-refractivity contribution in [1.29, 1.82) is 0 Å². The molecule has 0 amide bonds. The molecule has 2 aromatic heterocycles. The molecule has 0 bridgehead atoms. The molecule has 0 aliphatic carbocycles. The van der Waals surface area contributed by atoms with Gasteiger partial charge in [0.05, 0.1) is 0 Å². The summed E-state index contributed by atoms with van der Waals surface area (Å²) in [5.41, 5.74) is 4.66. The van der Waals surface area contributed by atoms with Crippen LogP contribution in [-0.4, -0.2) is 21.3 Å². The minimum atomic E-state index is -1.81. The highest BCUT2D eigenvalue weighted by molar-refractivity contribution is 7.09.